The lowest BCUT2D eigenvalue weighted by Crippen LogP contribution is -2.34. The molecule has 0 aromatic carbocycles. The van der Waals surface area contributed by atoms with Gasteiger partial charge in [-0.25, -0.2) is 4.79 Å². The van der Waals surface area contributed by atoms with Gasteiger partial charge in [0.05, 0.1) is 22.6 Å². The normalized spacial score (nSPS) is 13.4. The molecule has 2 aromatic heterocycles. The van der Waals surface area contributed by atoms with Gasteiger partial charge in [0, 0.05) is 4.88 Å². The van der Waals surface area contributed by atoms with Crippen molar-refractivity contribution >= 4 is 80.1 Å². The van der Waals surface area contributed by atoms with Gasteiger partial charge in [0.15, 0.2) is 5.11 Å². The van der Waals surface area contributed by atoms with Gasteiger partial charge in [-0.15, -0.1) is 22.7 Å². The molecule has 2 N–H and O–H groups in total. The van der Waals surface area contributed by atoms with Crippen molar-refractivity contribution in [2.75, 3.05) is 12.4 Å². The smallest absolute Gasteiger partial charge is 0.341 e. The summed E-state index contributed by atoms with van der Waals surface area (Å²) in [4.78, 5) is 25.8. The Morgan fingerprint density at radius 2 is 1.93 bits per heavy atom. The number of carbonyl (C=O) groups is 2. The molecule has 0 unspecified atom stereocenters. The summed E-state index contributed by atoms with van der Waals surface area (Å²) in [6.07, 6.45) is 5.02. The fourth-order valence-corrected chi connectivity index (χ4v) is 5.95. The zero-order valence-corrected chi connectivity index (χ0v) is 18.3. The molecular weight excluding hydrogens is 447 g/mol. The van der Waals surface area contributed by atoms with Crippen LogP contribution < -0.4 is 10.6 Å². The number of halogens is 2. The molecule has 1 amide bonds. The van der Waals surface area contributed by atoms with Crippen LogP contribution in [0.5, 0.6) is 0 Å². The number of thiocarbonyl (C=S) groups is 1. The third kappa shape index (κ3) is 4.63. The monoisotopic (exact) mass is 462 g/mol. The Morgan fingerprint density at radius 1 is 1.19 bits per heavy atom. The van der Waals surface area contributed by atoms with Gasteiger partial charge < -0.3 is 10.1 Å². The highest BCUT2D eigenvalue weighted by Gasteiger charge is 2.26. The van der Waals surface area contributed by atoms with Gasteiger partial charge in [0.2, 0.25) is 0 Å². The predicted octanol–water partition coefficient (Wildman–Crippen LogP) is 5.30. The molecule has 1 aliphatic carbocycles. The molecule has 0 bridgehead atoms. The van der Waals surface area contributed by atoms with E-state index in [9.17, 15) is 9.59 Å². The van der Waals surface area contributed by atoms with E-state index >= 15 is 0 Å². The second-order valence-corrected chi connectivity index (χ2v) is 9.71. The van der Waals surface area contributed by atoms with Crippen LogP contribution in [0.25, 0.3) is 0 Å². The summed E-state index contributed by atoms with van der Waals surface area (Å²) in [5.74, 6) is -0.864. The quantitative estimate of drug-likeness (QED) is 0.368. The Morgan fingerprint density at radius 3 is 2.59 bits per heavy atom. The van der Waals surface area contributed by atoms with E-state index in [1.807, 2.05) is 0 Å². The first kappa shape index (κ1) is 20.5. The zero-order chi connectivity index (χ0) is 19.6. The van der Waals surface area contributed by atoms with Crippen LogP contribution in [0.1, 0.15) is 50.4 Å². The minimum atomic E-state index is -0.460. The van der Waals surface area contributed by atoms with Crippen LogP contribution in [-0.2, 0) is 17.6 Å². The molecular formula is C17H16Cl2N2O3S3. The lowest BCUT2D eigenvalue weighted by Gasteiger charge is -2.10. The maximum atomic E-state index is 12.3. The van der Waals surface area contributed by atoms with E-state index in [0.29, 0.717) is 19.2 Å². The molecule has 144 valence electrons. The van der Waals surface area contributed by atoms with E-state index in [1.165, 1.54) is 24.5 Å². The van der Waals surface area contributed by atoms with Crippen LogP contribution >= 0.6 is 58.1 Å². The van der Waals surface area contributed by atoms with E-state index in [-0.39, 0.29) is 10.7 Å². The summed E-state index contributed by atoms with van der Waals surface area (Å²) in [7, 11) is 1.36. The number of aryl methyl sites for hydroxylation is 1. The zero-order valence-electron chi connectivity index (χ0n) is 14.3. The van der Waals surface area contributed by atoms with Crippen LogP contribution in [0.15, 0.2) is 6.07 Å². The van der Waals surface area contributed by atoms with Crippen LogP contribution in [0, 0.1) is 0 Å². The molecule has 3 rings (SSSR count). The maximum absolute atomic E-state index is 12.3. The number of hydrogen-bond acceptors (Lipinski definition) is 6. The van der Waals surface area contributed by atoms with Gasteiger partial charge in [-0.05, 0) is 49.5 Å². The molecule has 0 atom stereocenters. The van der Waals surface area contributed by atoms with E-state index in [0.717, 1.165) is 53.9 Å². The van der Waals surface area contributed by atoms with Gasteiger partial charge in [-0.2, -0.15) is 0 Å². The van der Waals surface area contributed by atoms with Crippen molar-refractivity contribution < 1.29 is 14.3 Å². The highest BCUT2D eigenvalue weighted by molar-refractivity contribution is 7.80. The Balaban J connectivity index is 1.80. The third-order valence-corrected chi connectivity index (χ3v) is 7.07. The Labute approximate surface area is 180 Å². The summed E-state index contributed by atoms with van der Waals surface area (Å²) in [5, 5.41) is 6.22. The number of rotatable bonds is 3. The SMILES string of the molecule is COC(=O)c1c(NC(=S)NC(=O)c2cc(Cl)sc2Cl)sc2c1CCCCC2. The number of nitrogens with one attached hydrogen (secondary N) is 2. The standard InChI is InChI=1S/C17H16Cl2N2O3S3/c1-24-16(23)12-8-5-3-2-4-6-10(8)26-15(12)21-17(25)20-14(22)9-7-11(18)27-13(9)19/h7H,2-6H2,1H3,(H2,20,21,22,25). The first-order valence-corrected chi connectivity index (χ1v) is 11.0. The van der Waals surface area contributed by atoms with Crippen LogP contribution in [-0.4, -0.2) is 24.1 Å². The second-order valence-electron chi connectivity index (χ2n) is 5.91. The van der Waals surface area contributed by atoms with E-state index in [4.69, 9.17) is 40.2 Å². The summed E-state index contributed by atoms with van der Waals surface area (Å²) < 4.78 is 5.66. The Hall–Kier alpha value is -1.19. The Kier molecular flexibility index (Phi) is 6.75. The largest absolute Gasteiger partial charge is 0.465 e. The number of anilines is 1. The van der Waals surface area contributed by atoms with Crippen LogP contribution in [0.3, 0.4) is 0 Å². The Bertz CT molecular complexity index is 908. The first-order valence-electron chi connectivity index (χ1n) is 8.20. The summed E-state index contributed by atoms with van der Waals surface area (Å²) in [6, 6.07) is 1.49. The number of methoxy groups -OCH3 is 1. The number of hydrogen-bond donors (Lipinski definition) is 2. The lowest BCUT2D eigenvalue weighted by atomic mass is 10.1. The molecule has 2 aromatic rings. The van der Waals surface area contributed by atoms with Gasteiger partial charge in [-0.1, -0.05) is 29.6 Å². The van der Waals surface area contributed by atoms with Crippen molar-refractivity contribution in [1.29, 1.82) is 0 Å². The molecule has 0 fully saturated rings. The summed E-state index contributed by atoms with van der Waals surface area (Å²) >= 11 is 19.7. The molecule has 10 heteroatoms. The number of ether oxygens (including phenoxy) is 1. The number of esters is 1. The van der Waals surface area contributed by atoms with Crippen LogP contribution in [0.2, 0.25) is 8.67 Å². The van der Waals surface area contributed by atoms with Gasteiger partial charge >= 0.3 is 5.97 Å². The molecule has 27 heavy (non-hydrogen) atoms. The number of thiophene rings is 2. The number of amides is 1. The minimum absolute atomic E-state index is 0.0833. The fourth-order valence-electron chi connectivity index (χ4n) is 2.95. The van der Waals surface area contributed by atoms with Gasteiger partial charge in [0.1, 0.15) is 9.34 Å². The molecule has 0 aliphatic heterocycles. The topological polar surface area (TPSA) is 67.4 Å². The minimum Gasteiger partial charge on any atom is -0.465 e. The van der Waals surface area contributed by atoms with Gasteiger partial charge in [-0.3, -0.25) is 10.1 Å². The van der Waals surface area contributed by atoms with E-state index in [1.54, 1.807) is 0 Å². The predicted molar refractivity (Wildman–Crippen MR) is 115 cm³/mol. The maximum Gasteiger partial charge on any atom is 0.341 e. The highest BCUT2D eigenvalue weighted by Crippen LogP contribution is 2.38. The third-order valence-electron chi connectivity index (χ3n) is 4.17. The molecule has 5 nitrogen and oxygen atoms in total. The summed E-state index contributed by atoms with van der Waals surface area (Å²) in [5.41, 5.74) is 1.78. The fraction of sp³-hybridized carbons (Fsp3) is 0.353. The lowest BCUT2D eigenvalue weighted by molar-refractivity contribution is 0.0601. The molecule has 0 radical (unpaired) electrons. The molecule has 1 aliphatic rings. The first-order chi connectivity index (χ1) is 12.9. The van der Waals surface area contributed by atoms with Crippen molar-refractivity contribution in [3.63, 3.8) is 0 Å². The van der Waals surface area contributed by atoms with Crippen molar-refractivity contribution in [3.8, 4) is 0 Å². The number of carbonyl (C=O) groups excluding carboxylic acids is 2. The summed E-state index contributed by atoms with van der Waals surface area (Å²) in [6.45, 7) is 0. The van der Waals surface area contributed by atoms with Crippen molar-refractivity contribution in [1.82, 2.24) is 5.32 Å². The molecule has 0 spiro atoms. The highest BCUT2D eigenvalue weighted by atomic mass is 35.5. The van der Waals surface area contributed by atoms with Crippen molar-refractivity contribution in [2.45, 2.75) is 32.1 Å². The number of fused-ring (bicyclic) bond motifs is 1. The van der Waals surface area contributed by atoms with E-state index in [2.05, 4.69) is 10.6 Å². The molecule has 0 saturated carbocycles. The van der Waals surface area contributed by atoms with E-state index < -0.39 is 11.9 Å². The van der Waals surface area contributed by atoms with Crippen molar-refractivity contribution in [2.24, 2.45) is 0 Å². The molecule has 0 saturated heterocycles. The second kappa shape index (κ2) is 8.87. The average molecular weight is 463 g/mol. The van der Waals surface area contributed by atoms with Gasteiger partial charge in [0.25, 0.3) is 5.91 Å². The average Bonchev–Trinajstić information content (AvgIpc) is 3.03. The molecule has 2 heterocycles. The van der Waals surface area contributed by atoms with Crippen LogP contribution in [0.4, 0.5) is 5.00 Å². The van der Waals surface area contributed by atoms with Crippen molar-refractivity contribution in [3.05, 3.63) is 36.3 Å².